The summed E-state index contributed by atoms with van der Waals surface area (Å²) in [4.78, 5) is 9.92. The molecule has 0 amide bonds. The smallest absolute Gasteiger partial charge is 0.148 e. The molecular weight excluding hydrogens is 560 g/mol. The first-order chi connectivity index (χ1) is 22.5. The number of para-hydroxylation sites is 1. The molecule has 8 rings (SSSR count). The molecule has 0 fully saturated rings. The van der Waals surface area contributed by atoms with E-state index in [4.69, 9.17) is 15.7 Å². The quantitative estimate of drug-likeness (QED) is 0.151. The highest BCUT2D eigenvalue weighted by atomic mass is 15.0. The van der Waals surface area contributed by atoms with Crippen molar-refractivity contribution < 1.29 is 0 Å². The van der Waals surface area contributed by atoms with Crippen LogP contribution in [0.3, 0.4) is 0 Å². The second kappa shape index (κ2) is 11.1. The summed E-state index contributed by atoms with van der Waals surface area (Å²) in [6.07, 6.45) is 9.19. The van der Waals surface area contributed by atoms with Gasteiger partial charge in [0.25, 0.3) is 0 Å². The predicted octanol–water partition coefficient (Wildman–Crippen LogP) is 9.37. The number of benzene rings is 5. The molecule has 46 heavy (non-hydrogen) atoms. The molecule has 0 saturated heterocycles. The van der Waals surface area contributed by atoms with Gasteiger partial charge in [0.2, 0.25) is 0 Å². The van der Waals surface area contributed by atoms with Crippen molar-refractivity contribution in [2.24, 2.45) is 21.6 Å². The van der Waals surface area contributed by atoms with Crippen LogP contribution in [0.25, 0.3) is 38.6 Å². The predicted molar refractivity (Wildman–Crippen MR) is 194 cm³/mol. The Balaban J connectivity index is 1.20. The Morgan fingerprint density at radius 2 is 1.50 bits per heavy atom. The van der Waals surface area contributed by atoms with Crippen molar-refractivity contribution in [3.8, 4) is 11.1 Å². The molecule has 0 aliphatic heterocycles. The Morgan fingerprint density at radius 1 is 0.783 bits per heavy atom. The summed E-state index contributed by atoms with van der Waals surface area (Å²) in [5.74, 6) is 0.564. The monoisotopic (exact) mass is 596 g/mol. The average molecular weight is 597 g/mol. The van der Waals surface area contributed by atoms with E-state index < -0.39 is 0 Å². The van der Waals surface area contributed by atoms with Crippen LogP contribution in [-0.4, -0.2) is 22.8 Å². The molecule has 2 atom stereocenters. The summed E-state index contributed by atoms with van der Waals surface area (Å²) in [5.41, 5.74) is 17.5. The minimum Gasteiger partial charge on any atom is -0.383 e. The van der Waals surface area contributed by atoms with Gasteiger partial charge in [0.1, 0.15) is 12.0 Å². The summed E-state index contributed by atoms with van der Waals surface area (Å²) in [6.45, 7) is 4.69. The van der Waals surface area contributed by atoms with Crippen LogP contribution in [0.2, 0.25) is 0 Å². The topological polar surface area (TPSA) is 55.7 Å². The van der Waals surface area contributed by atoms with E-state index in [1.807, 2.05) is 54.7 Å². The van der Waals surface area contributed by atoms with Gasteiger partial charge in [-0.15, -0.1) is 0 Å². The summed E-state index contributed by atoms with van der Waals surface area (Å²) in [5, 5.41) is 2.56. The standard InChI is InChI=1S/C42H36N4/c1-42(2)36-19-11-9-17-32(36)34-26-39-35(25-37(34)42)33-18-10-12-20-38(33)46(39)31-23-21-30(22-24-31)41(44-27-28-13-5-3-6-14-28)45-40(43)29-15-7-4-8-16-29/h3-21,23-27,30,41H,22H2,1-2H3,(H2,43,45)/b44-27+. The largest absolute Gasteiger partial charge is 0.383 e. The first-order valence-corrected chi connectivity index (χ1v) is 16.0. The number of nitrogens with zero attached hydrogens (tertiary/aromatic N) is 3. The van der Waals surface area contributed by atoms with Crippen molar-refractivity contribution in [3.05, 3.63) is 162 Å². The van der Waals surface area contributed by atoms with Crippen molar-refractivity contribution in [1.29, 1.82) is 0 Å². The maximum atomic E-state index is 6.53. The van der Waals surface area contributed by atoms with Crippen LogP contribution in [-0.2, 0) is 5.41 Å². The van der Waals surface area contributed by atoms with E-state index in [0.29, 0.717) is 5.84 Å². The molecule has 2 unspecified atom stereocenters. The number of amidine groups is 1. The van der Waals surface area contributed by atoms with Gasteiger partial charge >= 0.3 is 0 Å². The van der Waals surface area contributed by atoms with E-state index in [1.165, 1.54) is 49.8 Å². The molecule has 1 heterocycles. The van der Waals surface area contributed by atoms with Crippen molar-refractivity contribution >= 4 is 39.6 Å². The van der Waals surface area contributed by atoms with Crippen LogP contribution < -0.4 is 5.73 Å². The van der Waals surface area contributed by atoms with Crippen LogP contribution >= 0.6 is 0 Å². The van der Waals surface area contributed by atoms with Gasteiger partial charge in [-0.25, -0.2) is 4.99 Å². The zero-order valence-electron chi connectivity index (χ0n) is 26.1. The molecule has 224 valence electrons. The number of rotatable bonds is 6. The third-order valence-corrected chi connectivity index (χ3v) is 9.65. The minimum atomic E-state index is -0.352. The van der Waals surface area contributed by atoms with Gasteiger partial charge in [0, 0.05) is 39.6 Å². The van der Waals surface area contributed by atoms with Gasteiger partial charge in [0.15, 0.2) is 0 Å². The molecule has 4 heteroatoms. The third kappa shape index (κ3) is 4.69. The number of hydrogen-bond donors (Lipinski definition) is 1. The Hall–Kier alpha value is -5.48. The molecular formula is C42H36N4. The van der Waals surface area contributed by atoms with E-state index >= 15 is 0 Å². The zero-order chi connectivity index (χ0) is 31.3. The van der Waals surface area contributed by atoms with Gasteiger partial charge in [-0.2, -0.15) is 0 Å². The van der Waals surface area contributed by atoms with Crippen molar-refractivity contribution in [3.63, 3.8) is 0 Å². The lowest BCUT2D eigenvalue weighted by Gasteiger charge is -2.22. The molecule has 2 aliphatic rings. The van der Waals surface area contributed by atoms with E-state index in [-0.39, 0.29) is 17.5 Å². The third-order valence-electron chi connectivity index (χ3n) is 9.65. The second-order valence-corrected chi connectivity index (χ2v) is 12.8. The molecule has 4 nitrogen and oxygen atoms in total. The summed E-state index contributed by atoms with van der Waals surface area (Å²) in [7, 11) is 0. The Bertz CT molecular complexity index is 2210. The lowest BCUT2D eigenvalue weighted by molar-refractivity contribution is 0.524. The van der Waals surface area contributed by atoms with Gasteiger partial charge in [-0.05, 0) is 58.5 Å². The fourth-order valence-corrected chi connectivity index (χ4v) is 7.22. The Kier molecular flexibility index (Phi) is 6.79. The number of nitrogens with two attached hydrogens (primary N) is 1. The van der Waals surface area contributed by atoms with Gasteiger partial charge in [-0.3, -0.25) is 4.99 Å². The summed E-state index contributed by atoms with van der Waals surface area (Å²) >= 11 is 0. The number of allylic oxidation sites excluding steroid dienone is 3. The lowest BCUT2D eigenvalue weighted by atomic mass is 9.82. The molecule has 0 spiro atoms. The molecule has 2 N–H and O–H groups in total. The highest BCUT2D eigenvalue weighted by molar-refractivity contribution is 6.12. The van der Waals surface area contributed by atoms with Crippen molar-refractivity contribution in [2.75, 3.05) is 0 Å². The Labute approximate surface area is 270 Å². The van der Waals surface area contributed by atoms with Crippen LogP contribution in [0, 0.1) is 5.92 Å². The van der Waals surface area contributed by atoms with Crippen LogP contribution in [0.15, 0.2) is 150 Å². The minimum absolute atomic E-state index is 0.0437. The van der Waals surface area contributed by atoms with Crippen LogP contribution in [0.5, 0.6) is 0 Å². The lowest BCUT2D eigenvalue weighted by Crippen LogP contribution is -2.23. The first-order valence-electron chi connectivity index (χ1n) is 16.0. The van der Waals surface area contributed by atoms with Gasteiger partial charge in [-0.1, -0.05) is 129 Å². The molecule has 0 radical (unpaired) electrons. The maximum absolute atomic E-state index is 6.53. The highest BCUT2D eigenvalue weighted by Crippen LogP contribution is 2.51. The number of fused-ring (bicyclic) bond motifs is 6. The van der Waals surface area contributed by atoms with E-state index in [0.717, 1.165) is 17.5 Å². The molecule has 5 aromatic carbocycles. The Morgan fingerprint density at radius 3 is 2.28 bits per heavy atom. The second-order valence-electron chi connectivity index (χ2n) is 12.8. The first kappa shape index (κ1) is 28.0. The SMILES string of the molecule is CC1(C)c2ccccc2-c2cc3c(cc21)c1ccccc1n3C1=CCC(C(/N=C(\N)c2ccccc2)/N=C/c2ccccc2)C=C1. The van der Waals surface area contributed by atoms with E-state index in [2.05, 4.69) is 109 Å². The molecule has 2 aliphatic carbocycles. The zero-order valence-corrected chi connectivity index (χ0v) is 26.1. The van der Waals surface area contributed by atoms with Gasteiger partial charge < -0.3 is 10.3 Å². The molecule has 6 aromatic rings. The number of hydrogen-bond acceptors (Lipinski definition) is 2. The fraction of sp³-hybridized carbons (Fsp3) is 0.143. The van der Waals surface area contributed by atoms with E-state index in [9.17, 15) is 0 Å². The molecule has 1 aromatic heterocycles. The van der Waals surface area contributed by atoms with Crippen LogP contribution in [0.1, 0.15) is 42.5 Å². The number of aromatic nitrogens is 1. The highest BCUT2D eigenvalue weighted by Gasteiger charge is 2.36. The van der Waals surface area contributed by atoms with E-state index in [1.54, 1.807) is 0 Å². The molecule has 0 bridgehead atoms. The van der Waals surface area contributed by atoms with Crippen molar-refractivity contribution in [1.82, 2.24) is 4.57 Å². The average Bonchev–Trinajstić information content (AvgIpc) is 3.55. The maximum Gasteiger partial charge on any atom is 0.148 e. The molecule has 0 saturated carbocycles. The summed E-state index contributed by atoms with van der Waals surface area (Å²) in [6, 6.07) is 42.6. The fourth-order valence-electron chi connectivity index (χ4n) is 7.22. The summed E-state index contributed by atoms with van der Waals surface area (Å²) < 4.78 is 2.43. The number of aliphatic imine (C=N–C) groups is 2. The van der Waals surface area contributed by atoms with Crippen molar-refractivity contribution in [2.45, 2.75) is 31.8 Å². The normalized spacial score (nSPS) is 17.7. The van der Waals surface area contributed by atoms with Crippen LogP contribution in [0.4, 0.5) is 0 Å². The van der Waals surface area contributed by atoms with Gasteiger partial charge in [0.05, 0.1) is 11.0 Å².